The fourth-order valence-electron chi connectivity index (χ4n) is 7.37. The average Bonchev–Trinajstić information content (AvgIpc) is 3.35. The fraction of sp³-hybridized carbons (Fsp3) is 0.673. The molecule has 2 saturated heterocycles. The van der Waals surface area contributed by atoms with Crippen LogP contribution >= 0.6 is 0 Å². The summed E-state index contributed by atoms with van der Waals surface area (Å²) in [5.41, 5.74) is 0. The van der Waals surface area contributed by atoms with E-state index in [0.717, 1.165) is 103 Å². The third-order valence-corrected chi connectivity index (χ3v) is 11.6. The summed E-state index contributed by atoms with van der Waals surface area (Å²) in [6, 6.07) is 0. The van der Waals surface area contributed by atoms with E-state index in [9.17, 15) is 45.3 Å². The summed E-state index contributed by atoms with van der Waals surface area (Å²) < 4.78 is 33.5. The minimum Gasteiger partial charge on any atom is -0.462 e. The molecule has 0 spiro atoms. The van der Waals surface area contributed by atoms with Gasteiger partial charge in [0.15, 0.2) is 18.7 Å². The van der Waals surface area contributed by atoms with Crippen molar-refractivity contribution in [3.8, 4) is 0 Å². The Bertz CT molecular complexity index is 1580. The monoisotopic (exact) mass is 989 g/mol. The molecule has 70 heavy (non-hydrogen) atoms. The van der Waals surface area contributed by atoms with Crippen molar-refractivity contribution in [3.05, 3.63) is 97.2 Å². The molecule has 7 N–H and O–H groups in total. The highest BCUT2D eigenvalue weighted by Gasteiger charge is 2.47. The van der Waals surface area contributed by atoms with Gasteiger partial charge in [0, 0.05) is 12.8 Å². The van der Waals surface area contributed by atoms with Crippen LogP contribution in [-0.2, 0) is 38.0 Å². The van der Waals surface area contributed by atoms with Crippen molar-refractivity contribution in [2.24, 2.45) is 0 Å². The van der Waals surface area contributed by atoms with E-state index in [2.05, 4.69) is 111 Å². The molecule has 0 radical (unpaired) electrons. The topological polar surface area (TPSA) is 231 Å². The van der Waals surface area contributed by atoms with Crippen LogP contribution in [0.2, 0.25) is 0 Å². The number of carbonyl (C=O) groups is 2. The SMILES string of the molecule is CC/C=C/C/C=C/C/C=C/C/C=C/C/C=C/CCCCCC(=O)OC[C@@H](CO[C@@H]1O[C@H](CO[C@@H]2O[C@H](CO)[C@H](O)C(O)C2O)[C@H](O)C(O)C1O)OC(=O)CCCCCCC/C=C/C/C=C/C/C=C/CC. The molecule has 0 aromatic rings. The number of hydrogen-bond donors (Lipinski definition) is 7. The van der Waals surface area contributed by atoms with Gasteiger partial charge in [0.05, 0.1) is 19.8 Å². The molecule has 15 nitrogen and oxygen atoms in total. The lowest BCUT2D eigenvalue weighted by Gasteiger charge is -2.42. The summed E-state index contributed by atoms with van der Waals surface area (Å²) in [4.78, 5) is 25.8. The van der Waals surface area contributed by atoms with Gasteiger partial charge in [0.2, 0.25) is 0 Å². The number of ether oxygens (including phenoxy) is 6. The molecule has 2 rings (SSSR count). The molecule has 0 aromatic carbocycles. The molecule has 4 unspecified atom stereocenters. The van der Waals surface area contributed by atoms with Gasteiger partial charge in [-0.15, -0.1) is 0 Å². The van der Waals surface area contributed by atoms with Crippen molar-refractivity contribution < 1.29 is 73.8 Å². The predicted octanol–water partition coefficient (Wildman–Crippen LogP) is 7.37. The molecular weight excluding hydrogens is 901 g/mol. The number of allylic oxidation sites excluding steroid dienone is 16. The van der Waals surface area contributed by atoms with Gasteiger partial charge < -0.3 is 64.2 Å². The molecule has 11 atom stereocenters. The quantitative estimate of drug-likeness (QED) is 0.0182. The second kappa shape index (κ2) is 41.0. The summed E-state index contributed by atoms with van der Waals surface area (Å²) in [5.74, 6) is -0.993. The summed E-state index contributed by atoms with van der Waals surface area (Å²) in [5, 5.41) is 72.1. The Morgan fingerprint density at radius 2 is 0.857 bits per heavy atom. The molecule has 2 fully saturated rings. The standard InChI is InChI=1S/C55H88O15/c1-3-5-7-9-11-13-15-17-19-20-21-22-24-25-27-29-31-33-35-37-46(57)65-40-43(68-47(58)38-36-34-32-30-28-26-23-18-16-14-12-10-8-6-4-2)41-66-54-53(64)51(62)49(60)45(70-54)42-67-55-52(63)50(61)48(59)44(39-56)69-55/h5-8,11-14,17-19,21-23,25,27,43-45,48-56,59-64H,3-4,9-10,15-16,20,24,26,28-42H2,1-2H3/b7-5+,8-6+,13-11+,14-12+,19-17+,22-21+,23-18+,27-25+/t43-,44+,45+,48-,49-,50?,51?,52?,53?,54+,55+/m0/s1. The molecule has 0 bridgehead atoms. The first kappa shape index (κ1) is 62.5. The molecule has 398 valence electrons. The van der Waals surface area contributed by atoms with Crippen LogP contribution in [-0.4, -0.2) is 142 Å². The Balaban J connectivity index is 1.83. The van der Waals surface area contributed by atoms with Crippen LogP contribution in [0, 0.1) is 0 Å². The molecule has 2 heterocycles. The molecule has 0 saturated carbocycles. The van der Waals surface area contributed by atoms with Crippen molar-refractivity contribution in [3.63, 3.8) is 0 Å². The van der Waals surface area contributed by atoms with Crippen LogP contribution in [0.1, 0.15) is 142 Å². The van der Waals surface area contributed by atoms with Gasteiger partial charge in [-0.1, -0.05) is 137 Å². The number of unbranched alkanes of at least 4 members (excludes halogenated alkanes) is 8. The number of aliphatic hydroxyl groups is 7. The Morgan fingerprint density at radius 3 is 1.36 bits per heavy atom. The zero-order valence-electron chi connectivity index (χ0n) is 42.0. The number of aliphatic hydroxyl groups excluding tert-OH is 7. The first-order valence-corrected chi connectivity index (χ1v) is 25.8. The van der Waals surface area contributed by atoms with E-state index in [1.165, 1.54) is 0 Å². The first-order valence-electron chi connectivity index (χ1n) is 25.8. The molecule has 2 aliphatic heterocycles. The second-order valence-corrected chi connectivity index (χ2v) is 17.6. The van der Waals surface area contributed by atoms with Crippen LogP contribution < -0.4 is 0 Å². The number of rotatable bonds is 38. The van der Waals surface area contributed by atoms with E-state index >= 15 is 0 Å². The van der Waals surface area contributed by atoms with Crippen LogP contribution in [0.25, 0.3) is 0 Å². The van der Waals surface area contributed by atoms with Gasteiger partial charge in [-0.25, -0.2) is 0 Å². The van der Waals surface area contributed by atoms with E-state index in [1.54, 1.807) is 0 Å². The Hall–Kier alpha value is -3.58. The maximum atomic E-state index is 13.0. The molecule has 15 heteroatoms. The largest absolute Gasteiger partial charge is 0.462 e. The highest BCUT2D eigenvalue weighted by atomic mass is 16.7. The van der Waals surface area contributed by atoms with E-state index in [-0.39, 0.29) is 19.4 Å². The van der Waals surface area contributed by atoms with Crippen LogP contribution in [0.4, 0.5) is 0 Å². The lowest BCUT2D eigenvalue weighted by molar-refractivity contribution is -0.332. The summed E-state index contributed by atoms with van der Waals surface area (Å²) in [6.45, 7) is 2.28. The molecular formula is C55H88O15. The third kappa shape index (κ3) is 28.5. The normalized spacial score (nSPS) is 26.2. The minimum absolute atomic E-state index is 0.132. The van der Waals surface area contributed by atoms with Crippen LogP contribution in [0.15, 0.2) is 97.2 Å². The van der Waals surface area contributed by atoms with Gasteiger partial charge in [-0.2, -0.15) is 0 Å². The van der Waals surface area contributed by atoms with Crippen molar-refractivity contribution in [2.75, 3.05) is 26.4 Å². The van der Waals surface area contributed by atoms with E-state index in [0.29, 0.717) is 12.8 Å². The first-order chi connectivity index (χ1) is 34.0. The molecule has 2 aliphatic rings. The van der Waals surface area contributed by atoms with Gasteiger partial charge in [0.25, 0.3) is 0 Å². The Morgan fingerprint density at radius 1 is 0.457 bits per heavy atom. The summed E-state index contributed by atoms with van der Waals surface area (Å²) in [6.07, 6.45) is 34.3. The van der Waals surface area contributed by atoms with Gasteiger partial charge in [-0.05, 0) is 89.9 Å². The molecule has 0 amide bonds. The van der Waals surface area contributed by atoms with Gasteiger partial charge >= 0.3 is 11.9 Å². The predicted molar refractivity (Wildman–Crippen MR) is 270 cm³/mol. The van der Waals surface area contributed by atoms with Crippen LogP contribution in [0.5, 0.6) is 0 Å². The lowest BCUT2D eigenvalue weighted by Crippen LogP contribution is -2.61. The van der Waals surface area contributed by atoms with Crippen molar-refractivity contribution >= 4 is 11.9 Å². The Kier molecular flexibility index (Phi) is 36.6. The maximum absolute atomic E-state index is 13.0. The maximum Gasteiger partial charge on any atom is 0.306 e. The van der Waals surface area contributed by atoms with Crippen molar-refractivity contribution in [2.45, 2.75) is 210 Å². The zero-order chi connectivity index (χ0) is 51.0. The van der Waals surface area contributed by atoms with Crippen molar-refractivity contribution in [1.82, 2.24) is 0 Å². The van der Waals surface area contributed by atoms with Gasteiger partial charge in [0.1, 0.15) is 55.4 Å². The van der Waals surface area contributed by atoms with E-state index in [4.69, 9.17) is 28.4 Å². The summed E-state index contributed by atoms with van der Waals surface area (Å²) >= 11 is 0. The molecule has 0 aromatic heterocycles. The number of esters is 2. The zero-order valence-corrected chi connectivity index (χ0v) is 42.0. The van der Waals surface area contributed by atoms with Gasteiger partial charge in [-0.3, -0.25) is 9.59 Å². The number of hydrogen-bond acceptors (Lipinski definition) is 15. The minimum atomic E-state index is -1.78. The highest BCUT2D eigenvalue weighted by Crippen LogP contribution is 2.26. The van der Waals surface area contributed by atoms with E-state index < -0.39 is 99.3 Å². The highest BCUT2D eigenvalue weighted by molar-refractivity contribution is 5.70. The fourth-order valence-corrected chi connectivity index (χ4v) is 7.37. The average molecular weight is 989 g/mol. The Labute approximate surface area is 417 Å². The lowest BCUT2D eigenvalue weighted by atomic mass is 9.98. The van der Waals surface area contributed by atoms with Crippen molar-refractivity contribution in [1.29, 1.82) is 0 Å². The smallest absolute Gasteiger partial charge is 0.306 e. The molecule has 0 aliphatic carbocycles. The van der Waals surface area contributed by atoms with Crippen LogP contribution in [0.3, 0.4) is 0 Å². The summed E-state index contributed by atoms with van der Waals surface area (Å²) in [7, 11) is 0. The van der Waals surface area contributed by atoms with E-state index in [1.807, 2.05) is 0 Å². The third-order valence-electron chi connectivity index (χ3n) is 11.6. The number of carbonyl (C=O) groups excluding carboxylic acids is 2. The second-order valence-electron chi connectivity index (χ2n) is 17.6.